The van der Waals surface area contributed by atoms with E-state index in [1.807, 2.05) is 0 Å². The van der Waals surface area contributed by atoms with E-state index < -0.39 is 12.5 Å². The Labute approximate surface area is 52.1 Å². The van der Waals surface area contributed by atoms with Crippen molar-refractivity contribution in [3.05, 3.63) is 0 Å². The molecule has 0 aromatic heterocycles. The number of nitrogens with two attached hydrogens (primary N) is 2. The number of aliphatic carboxylic acids is 1. The molecule has 0 aromatic carbocycles. The first kappa shape index (κ1) is 10.6. The number of rotatable bonds is 2. The first-order valence-corrected chi connectivity index (χ1v) is 1.88. The Balaban J connectivity index is 0. The van der Waals surface area contributed by atoms with Gasteiger partial charge in [-0.25, -0.2) is 4.99 Å². The maximum absolute atomic E-state index is 9.57. The smallest absolute Gasteiger partial charge is 0.186 e. The Morgan fingerprint density at radius 2 is 2.00 bits per heavy atom. The van der Waals surface area contributed by atoms with Gasteiger partial charge in [0.2, 0.25) is 0 Å². The second kappa shape index (κ2) is 4.85. The van der Waals surface area contributed by atoms with Crippen LogP contribution in [0.1, 0.15) is 0 Å². The predicted octanol–water partition coefficient (Wildman–Crippen LogP) is -2.61. The van der Waals surface area contributed by atoms with Gasteiger partial charge in [0.05, 0.1) is 12.5 Å². The summed E-state index contributed by atoms with van der Waals surface area (Å²) in [7, 11) is 0. The van der Waals surface area contributed by atoms with Crippen LogP contribution in [0.4, 0.5) is 0 Å². The molecule has 0 rings (SSSR count). The molecule has 0 saturated carbocycles. The van der Waals surface area contributed by atoms with Crippen molar-refractivity contribution in [1.82, 2.24) is 6.15 Å². The standard InChI is InChI=1S/C3H7N3O2.H3N/c4-3(5)6-1-2(7)8;/h1H2,(H,7,8)(H4,4,5,6);1H3. The second-order valence-corrected chi connectivity index (χ2v) is 1.11. The summed E-state index contributed by atoms with van der Waals surface area (Å²) < 4.78 is 0. The van der Waals surface area contributed by atoms with Crippen molar-refractivity contribution in [2.75, 3.05) is 6.54 Å². The minimum atomic E-state index is -1.29. The average molecular weight is 134 g/mol. The minimum Gasteiger partial charge on any atom is -0.548 e. The zero-order chi connectivity index (χ0) is 6.57. The molecule has 0 fully saturated rings. The number of hydrogen-bond donors (Lipinski definition) is 3. The Morgan fingerprint density at radius 1 is 1.56 bits per heavy atom. The number of nitrogens with zero attached hydrogens (tertiary/aromatic N) is 1. The van der Waals surface area contributed by atoms with Crippen molar-refractivity contribution >= 4 is 11.9 Å². The zero-order valence-electron chi connectivity index (χ0n) is 5.13. The first-order valence-electron chi connectivity index (χ1n) is 1.88. The Morgan fingerprint density at radius 3 is 2.11 bits per heavy atom. The predicted molar refractivity (Wildman–Crippen MR) is 31.7 cm³/mol. The van der Waals surface area contributed by atoms with Gasteiger partial charge >= 0.3 is 0 Å². The lowest BCUT2D eigenvalue weighted by atomic mass is 10.7. The topological polar surface area (TPSA) is 141 Å². The SMILES string of the molecule is NC(N)=NCC(=O)[O-].[NH4+]. The van der Waals surface area contributed by atoms with Gasteiger partial charge in [0.1, 0.15) is 0 Å². The van der Waals surface area contributed by atoms with Crippen LogP contribution in [0.15, 0.2) is 4.99 Å². The van der Waals surface area contributed by atoms with Crippen LogP contribution in [0, 0.1) is 0 Å². The number of carbonyl (C=O) groups excluding carboxylic acids is 1. The molecule has 0 bridgehead atoms. The number of carbonyl (C=O) groups is 1. The van der Waals surface area contributed by atoms with Crippen LogP contribution in [0.2, 0.25) is 0 Å². The van der Waals surface area contributed by atoms with Gasteiger partial charge in [-0.15, -0.1) is 0 Å². The Hall–Kier alpha value is -1.30. The molecule has 6 heteroatoms. The molecule has 0 amide bonds. The highest BCUT2D eigenvalue weighted by atomic mass is 16.4. The lowest BCUT2D eigenvalue weighted by Gasteiger charge is -1.93. The maximum Gasteiger partial charge on any atom is 0.186 e. The molecular formula is C3H10N4O2. The lowest BCUT2D eigenvalue weighted by molar-refractivity contribution is -0.303. The summed E-state index contributed by atoms with van der Waals surface area (Å²) >= 11 is 0. The van der Waals surface area contributed by atoms with Crippen molar-refractivity contribution in [1.29, 1.82) is 0 Å². The fourth-order valence-corrected chi connectivity index (χ4v) is 0.156. The van der Waals surface area contributed by atoms with Crippen LogP contribution in [0.5, 0.6) is 0 Å². The summed E-state index contributed by atoms with van der Waals surface area (Å²) in [6.07, 6.45) is 0. The normalized spacial score (nSPS) is 7.11. The molecule has 0 unspecified atom stereocenters. The summed E-state index contributed by atoms with van der Waals surface area (Å²) in [5.41, 5.74) is 9.55. The van der Waals surface area contributed by atoms with Gasteiger partial charge in [-0.1, -0.05) is 0 Å². The summed E-state index contributed by atoms with van der Waals surface area (Å²) in [6, 6.07) is 0. The molecule has 6 nitrogen and oxygen atoms in total. The third-order valence-corrected chi connectivity index (χ3v) is 0.391. The molecule has 0 radical (unpaired) electrons. The number of guanidine groups is 1. The molecule has 0 aliphatic rings. The highest BCUT2D eigenvalue weighted by Gasteiger charge is 1.79. The molecule has 0 saturated heterocycles. The average Bonchev–Trinajstić information content (AvgIpc) is 1.61. The molecule has 0 heterocycles. The summed E-state index contributed by atoms with van der Waals surface area (Å²) in [6.45, 7) is -0.470. The van der Waals surface area contributed by atoms with Crippen LogP contribution in [-0.4, -0.2) is 18.5 Å². The van der Waals surface area contributed by atoms with Gasteiger partial charge in [-0.05, 0) is 0 Å². The van der Waals surface area contributed by atoms with Crippen molar-refractivity contribution in [2.24, 2.45) is 16.5 Å². The van der Waals surface area contributed by atoms with Crippen molar-refractivity contribution in [3.63, 3.8) is 0 Å². The Bertz CT molecular complexity index is 117. The summed E-state index contributed by atoms with van der Waals surface area (Å²) in [4.78, 5) is 12.7. The van der Waals surface area contributed by atoms with Crippen molar-refractivity contribution in [2.45, 2.75) is 0 Å². The van der Waals surface area contributed by atoms with E-state index in [9.17, 15) is 9.90 Å². The van der Waals surface area contributed by atoms with E-state index in [1.165, 1.54) is 0 Å². The first-order chi connectivity index (χ1) is 3.63. The highest BCUT2D eigenvalue weighted by Crippen LogP contribution is 1.61. The number of carboxylic acids is 1. The van der Waals surface area contributed by atoms with E-state index in [1.54, 1.807) is 0 Å². The monoisotopic (exact) mass is 134 g/mol. The molecule has 0 aliphatic heterocycles. The van der Waals surface area contributed by atoms with Crippen LogP contribution in [0.3, 0.4) is 0 Å². The number of aliphatic imine (C=N–C) groups is 1. The third kappa shape index (κ3) is 10.8. The number of carboxylic acid groups (broad SMARTS) is 1. The van der Waals surface area contributed by atoms with Crippen LogP contribution < -0.4 is 22.7 Å². The molecule has 0 spiro atoms. The van der Waals surface area contributed by atoms with E-state index in [-0.39, 0.29) is 12.1 Å². The fourth-order valence-electron chi connectivity index (χ4n) is 0.156. The largest absolute Gasteiger partial charge is 0.548 e. The van der Waals surface area contributed by atoms with E-state index in [4.69, 9.17) is 11.5 Å². The summed E-state index contributed by atoms with van der Waals surface area (Å²) in [5, 5.41) is 9.57. The summed E-state index contributed by atoms with van der Waals surface area (Å²) in [5.74, 6) is -1.53. The molecule has 54 valence electrons. The van der Waals surface area contributed by atoms with Gasteiger partial charge in [0.25, 0.3) is 0 Å². The molecule has 0 atom stereocenters. The van der Waals surface area contributed by atoms with Crippen LogP contribution >= 0.6 is 0 Å². The highest BCUT2D eigenvalue weighted by molar-refractivity contribution is 5.78. The van der Waals surface area contributed by atoms with Gasteiger partial charge in [0, 0.05) is 0 Å². The molecule has 8 N–H and O–H groups in total. The lowest BCUT2D eigenvalue weighted by Crippen LogP contribution is -2.29. The quantitative estimate of drug-likeness (QED) is 0.281. The van der Waals surface area contributed by atoms with E-state index in [0.29, 0.717) is 0 Å². The van der Waals surface area contributed by atoms with Gasteiger partial charge in [-0.3, -0.25) is 0 Å². The van der Waals surface area contributed by atoms with E-state index >= 15 is 0 Å². The third-order valence-electron chi connectivity index (χ3n) is 0.391. The van der Waals surface area contributed by atoms with Crippen molar-refractivity contribution < 1.29 is 9.90 Å². The number of hydrogen-bond acceptors (Lipinski definition) is 3. The van der Waals surface area contributed by atoms with Gasteiger partial charge in [0.15, 0.2) is 5.96 Å². The zero-order valence-corrected chi connectivity index (χ0v) is 5.13. The van der Waals surface area contributed by atoms with Gasteiger partial charge < -0.3 is 27.5 Å². The van der Waals surface area contributed by atoms with Crippen LogP contribution in [-0.2, 0) is 4.79 Å². The van der Waals surface area contributed by atoms with Crippen LogP contribution in [0.25, 0.3) is 0 Å². The molecule has 0 aliphatic carbocycles. The van der Waals surface area contributed by atoms with E-state index in [0.717, 1.165) is 0 Å². The van der Waals surface area contributed by atoms with E-state index in [2.05, 4.69) is 4.99 Å². The number of quaternary nitrogens is 1. The molecular weight excluding hydrogens is 124 g/mol. The Kier molecular flexibility index (Phi) is 5.73. The fraction of sp³-hybridized carbons (Fsp3) is 0.333. The van der Waals surface area contributed by atoms with Gasteiger partial charge in [-0.2, -0.15) is 0 Å². The molecule has 9 heavy (non-hydrogen) atoms. The second-order valence-electron chi connectivity index (χ2n) is 1.11. The molecule has 0 aromatic rings. The minimum absolute atomic E-state index is 0. The maximum atomic E-state index is 9.57. The van der Waals surface area contributed by atoms with Crippen molar-refractivity contribution in [3.8, 4) is 0 Å².